The molecule has 1 aromatic rings. The molecule has 2 amide bonds. The maximum Gasteiger partial charge on any atom is 0.303 e. The zero-order valence-corrected chi connectivity index (χ0v) is 10.5. The third kappa shape index (κ3) is 2.47. The predicted molar refractivity (Wildman–Crippen MR) is 65.6 cm³/mol. The molecule has 2 heterocycles. The molecule has 19 heavy (non-hydrogen) atoms. The summed E-state index contributed by atoms with van der Waals surface area (Å²) in [7, 11) is 0. The minimum Gasteiger partial charge on any atom is -0.481 e. The third-order valence-electron chi connectivity index (χ3n) is 3.25. The molecule has 1 aliphatic heterocycles. The lowest BCUT2D eigenvalue weighted by Gasteiger charge is -2.19. The average Bonchev–Trinajstić information content (AvgIpc) is 2.63. The lowest BCUT2D eigenvalue weighted by Crippen LogP contribution is -2.35. The zero-order chi connectivity index (χ0) is 14.0. The van der Waals surface area contributed by atoms with E-state index in [-0.39, 0.29) is 30.4 Å². The molecule has 0 fully saturated rings. The van der Waals surface area contributed by atoms with Crippen molar-refractivity contribution in [1.82, 2.24) is 9.88 Å². The first-order valence-corrected chi connectivity index (χ1v) is 6.06. The van der Waals surface area contributed by atoms with Gasteiger partial charge in [-0.25, -0.2) is 0 Å². The fraction of sp³-hybridized carbons (Fsp3) is 0.385. The van der Waals surface area contributed by atoms with Crippen molar-refractivity contribution >= 4 is 17.8 Å². The van der Waals surface area contributed by atoms with Gasteiger partial charge in [-0.05, 0) is 12.0 Å². The van der Waals surface area contributed by atoms with E-state index in [1.165, 1.54) is 18.5 Å². The number of rotatable bonds is 5. The highest BCUT2D eigenvalue weighted by Gasteiger charge is 2.36. The Kier molecular flexibility index (Phi) is 3.59. The summed E-state index contributed by atoms with van der Waals surface area (Å²) in [6.07, 6.45) is 3.37. The summed E-state index contributed by atoms with van der Waals surface area (Å²) >= 11 is 0. The number of hydrogen-bond donors (Lipinski definition) is 1. The maximum atomic E-state index is 12.1. The monoisotopic (exact) mass is 262 g/mol. The Bertz CT molecular complexity index is 506. The van der Waals surface area contributed by atoms with E-state index in [4.69, 9.17) is 5.11 Å². The molecule has 2 rings (SSSR count). The Morgan fingerprint density at radius 3 is 2.63 bits per heavy atom. The van der Waals surface area contributed by atoms with Crippen molar-refractivity contribution in [3.63, 3.8) is 0 Å². The van der Waals surface area contributed by atoms with Crippen LogP contribution in [0.1, 0.15) is 40.5 Å². The summed E-state index contributed by atoms with van der Waals surface area (Å²) in [5.41, 5.74) is 0.628. The van der Waals surface area contributed by atoms with E-state index in [1.54, 1.807) is 0 Å². The second-order valence-electron chi connectivity index (χ2n) is 4.51. The molecule has 1 aliphatic rings. The highest BCUT2D eigenvalue weighted by Crippen LogP contribution is 2.23. The topological polar surface area (TPSA) is 87.6 Å². The van der Waals surface area contributed by atoms with Gasteiger partial charge in [0.2, 0.25) is 0 Å². The predicted octanol–water partition coefficient (Wildman–Crippen LogP) is 1.18. The van der Waals surface area contributed by atoms with E-state index in [0.29, 0.717) is 12.0 Å². The first kappa shape index (κ1) is 13.2. The van der Waals surface area contributed by atoms with E-state index in [2.05, 4.69) is 4.98 Å². The smallest absolute Gasteiger partial charge is 0.303 e. The number of hydrogen-bond acceptors (Lipinski definition) is 4. The van der Waals surface area contributed by atoms with Crippen LogP contribution in [0.15, 0.2) is 18.5 Å². The van der Waals surface area contributed by atoms with Crippen molar-refractivity contribution in [3.8, 4) is 0 Å². The number of carboxylic acids is 1. The Hall–Kier alpha value is -2.24. The Balaban J connectivity index is 2.17. The van der Waals surface area contributed by atoms with Gasteiger partial charge in [0.15, 0.2) is 0 Å². The fourth-order valence-electron chi connectivity index (χ4n) is 2.14. The first-order chi connectivity index (χ1) is 9.04. The lowest BCUT2D eigenvalue weighted by atomic mass is 10.0. The van der Waals surface area contributed by atoms with Crippen molar-refractivity contribution in [2.75, 3.05) is 6.54 Å². The summed E-state index contributed by atoms with van der Waals surface area (Å²) < 4.78 is 0. The molecule has 100 valence electrons. The molecule has 1 N–H and O–H groups in total. The summed E-state index contributed by atoms with van der Waals surface area (Å²) in [6.45, 7) is 1.97. The van der Waals surface area contributed by atoms with Crippen LogP contribution in [0.5, 0.6) is 0 Å². The maximum absolute atomic E-state index is 12.1. The van der Waals surface area contributed by atoms with Crippen molar-refractivity contribution in [2.24, 2.45) is 5.92 Å². The normalized spacial score (nSPS) is 15.5. The van der Waals surface area contributed by atoms with Gasteiger partial charge in [0, 0.05) is 25.4 Å². The number of carbonyl (C=O) groups excluding carboxylic acids is 2. The Labute approximate surface area is 110 Å². The zero-order valence-electron chi connectivity index (χ0n) is 10.5. The standard InChI is InChI=1S/C13H14N2O4/c1-2-8(5-11(16)17)7-15-12(18)9-3-4-14-6-10(9)13(15)19/h3-4,6,8H,2,5,7H2,1H3,(H,16,17). The highest BCUT2D eigenvalue weighted by atomic mass is 16.4. The number of aliphatic carboxylic acids is 1. The van der Waals surface area contributed by atoms with E-state index < -0.39 is 11.9 Å². The Morgan fingerprint density at radius 2 is 2.05 bits per heavy atom. The van der Waals surface area contributed by atoms with Gasteiger partial charge in [-0.3, -0.25) is 24.3 Å². The van der Waals surface area contributed by atoms with Gasteiger partial charge >= 0.3 is 5.97 Å². The van der Waals surface area contributed by atoms with Crippen LogP contribution in [0, 0.1) is 5.92 Å². The number of imide groups is 1. The molecule has 1 unspecified atom stereocenters. The minimum absolute atomic E-state index is 0.0534. The van der Waals surface area contributed by atoms with Gasteiger partial charge in [-0.15, -0.1) is 0 Å². The van der Waals surface area contributed by atoms with Crippen molar-refractivity contribution in [2.45, 2.75) is 19.8 Å². The van der Waals surface area contributed by atoms with E-state index in [0.717, 1.165) is 4.90 Å². The van der Waals surface area contributed by atoms with Crippen LogP contribution in [0.3, 0.4) is 0 Å². The number of carbonyl (C=O) groups is 3. The molecular formula is C13H14N2O4. The molecule has 0 spiro atoms. The van der Waals surface area contributed by atoms with Crippen LogP contribution in [-0.2, 0) is 4.79 Å². The van der Waals surface area contributed by atoms with Gasteiger partial charge in [0.1, 0.15) is 0 Å². The summed E-state index contributed by atoms with van der Waals surface area (Å²) in [6, 6.07) is 1.51. The van der Waals surface area contributed by atoms with Crippen LogP contribution in [-0.4, -0.2) is 39.3 Å². The molecule has 0 aromatic carbocycles. The van der Waals surface area contributed by atoms with E-state index >= 15 is 0 Å². The van der Waals surface area contributed by atoms with Crippen molar-refractivity contribution in [3.05, 3.63) is 29.6 Å². The molecular weight excluding hydrogens is 248 g/mol. The van der Waals surface area contributed by atoms with Gasteiger partial charge in [-0.1, -0.05) is 13.3 Å². The summed E-state index contributed by atoms with van der Waals surface area (Å²) in [5, 5.41) is 8.80. The number of carboxylic acid groups (broad SMARTS) is 1. The highest BCUT2D eigenvalue weighted by molar-refractivity contribution is 6.21. The van der Waals surface area contributed by atoms with Gasteiger partial charge in [-0.2, -0.15) is 0 Å². The SMILES string of the molecule is CCC(CC(=O)O)CN1C(=O)c2ccncc2C1=O. The Morgan fingerprint density at radius 1 is 1.37 bits per heavy atom. The first-order valence-electron chi connectivity index (χ1n) is 6.06. The summed E-state index contributed by atoms with van der Waals surface area (Å²) in [4.78, 5) is 39.8. The van der Waals surface area contributed by atoms with Crippen LogP contribution in [0.2, 0.25) is 0 Å². The number of pyridine rings is 1. The van der Waals surface area contributed by atoms with E-state index in [9.17, 15) is 14.4 Å². The molecule has 0 saturated carbocycles. The second kappa shape index (κ2) is 5.17. The van der Waals surface area contributed by atoms with E-state index in [1.807, 2.05) is 6.92 Å². The summed E-state index contributed by atoms with van der Waals surface area (Å²) in [5.74, 6) is -1.92. The number of amides is 2. The number of aromatic nitrogens is 1. The van der Waals surface area contributed by atoms with Crippen LogP contribution in [0.25, 0.3) is 0 Å². The molecule has 0 aliphatic carbocycles. The molecule has 6 heteroatoms. The van der Waals surface area contributed by atoms with Crippen molar-refractivity contribution in [1.29, 1.82) is 0 Å². The van der Waals surface area contributed by atoms with Gasteiger partial charge in [0.25, 0.3) is 11.8 Å². The molecule has 6 nitrogen and oxygen atoms in total. The van der Waals surface area contributed by atoms with Crippen LogP contribution < -0.4 is 0 Å². The number of nitrogens with zero attached hydrogens (tertiary/aromatic N) is 2. The molecule has 1 aromatic heterocycles. The molecule has 0 bridgehead atoms. The van der Waals surface area contributed by atoms with Crippen molar-refractivity contribution < 1.29 is 19.5 Å². The second-order valence-corrected chi connectivity index (χ2v) is 4.51. The quantitative estimate of drug-likeness (QED) is 0.805. The average molecular weight is 262 g/mol. The largest absolute Gasteiger partial charge is 0.481 e. The van der Waals surface area contributed by atoms with Gasteiger partial charge < -0.3 is 5.11 Å². The number of fused-ring (bicyclic) bond motifs is 1. The third-order valence-corrected chi connectivity index (χ3v) is 3.25. The van der Waals surface area contributed by atoms with Crippen LogP contribution >= 0.6 is 0 Å². The fourth-order valence-corrected chi connectivity index (χ4v) is 2.14. The lowest BCUT2D eigenvalue weighted by molar-refractivity contribution is -0.138. The molecule has 0 saturated heterocycles. The van der Waals surface area contributed by atoms with Gasteiger partial charge in [0.05, 0.1) is 11.1 Å². The molecule has 1 atom stereocenters. The van der Waals surface area contributed by atoms with Crippen LogP contribution in [0.4, 0.5) is 0 Å². The minimum atomic E-state index is -0.926. The molecule has 0 radical (unpaired) electrons.